The van der Waals surface area contributed by atoms with E-state index in [-0.39, 0.29) is 49.6 Å². The summed E-state index contributed by atoms with van der Waals surface area (Å²) in [5.74, 6) is -2.11. The Labute approximate surface area is 274 Å². The average molecular weight is 688 g/mol. The second-order valence-corrected chi connectivity index (χ2v) is 13.3. The summed E-state index contributed by atoms with van der Waals surface area (Å²) in [5, 5.41) is 17.0. The molecule has 3 aromatic rings. The first-order valence-corrected chi connectivity index (χ1v) is 16.0. The molecule has 1 aromatic heterocycles. The molecule has 3 aliphatic rings. The van der Waals surface area contributed by atoms with Crippen LogP contribution in [0, 0.1) is 11.6 Å². The SMILES string of the molecule is CN1CCN(c2ccc(C(=O)Nc3n[nH]c4c3CN(S(=O)(=O)c3cc(F)cc(F)c3)CC4)c(NCC3CCCN3)c2)CC1.Cl.Cl. The molecule has 16 heteroatoms. The highest BCUT2D eigenvalue weighted by molar-refractivity contribution is 7.89. The normalized spacial score (nSPS) is 18.9. The van der Waals surface area contributed by atoms with Crippen molar-refractivity contribution in [2.45, 2.75) is 36.7 Å². The summed E-state index contributed by atoms with van der Waals surface area (Å²) in [4.78, 5) is 17.8. The number of hydrogen-bond acceptors (Lipinski definition) is 8. The van der Waals surface area contributed by atoms with E-state index in [2.05, 4.69) is 43.0 Å². The molecule has 0 radical (unpaired) electrons. The van der Waals surface area contributed by atoms with Gasteiger partial charge in [0.25, 0.3) is 5.91 Å². The molecule has 0 bridgehead atoms. The summed E-state index contributed by atoms with van der Waals surface area (Å²) < 4.78 is 55.2. The molecular weight excluding hydrogens is 649 g/mol. The van der Waals surface area contributed by atoms with Crippen LogP contribution in [-0.2, 0) is 23.0 Å². The fraction of sp³-hybridized carbons (Fsp3) is 0.448. The van der Waals surface area contributed by atoms with Gasteiger partial charge in [0.05, 0.1) is 10.5 Å². The predicted octanol–water partition coefficient (Wildman–Crippen LogP) is 3.45. The summed E-state index contributed by atoms with van der Waals surface area (Å²) in [6.07, 6.45) is 2.48. The van der Waals surface area contributed by atoms with Gasteiger partial charge in [0.15, 0.2) is 5.82 Å². The number of fused-ring (bicyclic) bond motifs is 1. The van der Waals surface area contributed by atoms with Gasteiger partial charge in [0.2, 0.25) is 10.0 Å². The molecule has 6 rings (SSSR count). The second-order valence-electron chi connectivity index (χ2n) is 11.4. The van der Waals surface area contributed by atoms with Crippen molar-refractivity contribution >= 4 is 57.9 Å². The molecule has 45 heavy (non-hydrogen) atoms. The highest BCUT2D eigenvalue weighted by Gasteiger charge is 2.32. The number of benzene rings is 2. The second kappa shape index (κ2) is 14.6. The van der Waals surface area contributed by atoms with Crippen LogP contribution >= 0.6 is 24.8 Å². The maximum atomic E-state index is 13.8. The number of likely N-dealkylation sites (N-methyl/N-ethyl adjacent to an activating group) is 1. The quantitative estimate of drug-likeness (QED) is 0.284. The van der Waals surface area contributed by atoms with Gasteiger partial charge in [-0.05, 0) is 56.8 Å². The Balaban J connectivity index is 0.00000230. The van der Waals surface area contributed by atoms with Crippen molar-refractivity contribution < 1.29 is 22.0 Å². The van der Waals surface area contributed by atoms with Gasteiger partial charge in [-0.2, -0.15) is 9.40 Å². The van der Waals surface area contributed by atoms with Crippen molar-refractivity contribution in [2.24, 2.45) is 0 Å². The van der Waals surface area contributed by atoms with E-state index in [9.17, 15) is 22.0 Å². The van der Waals surface area contributed by atoms with Gasteiger partial charge < -0.3 is 25.8 Å². The number of aromatic amines is 1. The Morgan fingerprint density at radius 3 is 2.47 bits per heavy atom. The van der Waals surface area contributed by atoms with E-state index in [0.29, 0.717) is 47.6 Å². The number of nitrogens with one attached hydrogen (secondary N) is 4. The number of H-pyrrole nitrogens is 1. The van der Waals surface area contributed by atoms with Gasteiger partial charge >= 0.3 is 0 Å². The van der Waals surface area contributed by atoms with Gasteiger partial charge in [-0.15, -0.1) is 24.8 Å². The zero-order chi connectivity index (χ0) is 30.1. The Hall–Kier alpha value is -3.01. The van der Waals surface area contributed by atoms with Crippen LogP contribution in [0.15, 0.2) is 41.3 Å². The summed E-state index contributed by atoms with van der Waals surface area (Å²) in [6.45, 7) is 5.36. The predicted molar refractivity (Wildman–Crippen MR) is 174 cm³/mol. The molecule has 3 aliphatic heterocycles. The Morgan fingerprint density at radius 2 is 1.78 bits per heavy atom. The summed E-state index contributed by atoms with van der Waals surface area (Å²) in [6, 6.07) is 8.32. The lowest BCUT2D eigenvalue weighted by Gasteiger charge is -2.34. The van der Waals surface area contributed by atoms with Crippen molar-refractivity contribution in [3.8, 4) is 0 Å². The molecule has 0 spiro atoms. The van der Waals surface area contributed by atoms with Gasteiger partial charge in [-0.25, -0.2) is 17.2 Å². The Kier molecular flexibility index (Phi) is 11.3. The van der Waals surface area contributed by atoms with Crippen molar-refractivity contribution in [3.05, 3.63) is 64.9 Å². The monoisotopic (exact) mass is 686 g/mol. The van der Waals surface area contributed by atoms with Gasteiger partial charge in [-0.3, -0.25) is 9.89 Å². The molecule has 4 N–H and O–H groups in total. The first kappa shape index (κ1) is 34.9. The fourth-order valence-corrected chi connectivity index (χ4v) is 7.33. The number of carbonyl (C=O) groups is 1. The smallest absolute Gasteiger partial charge is 0.258 e. The molecular formula is C29H38Cl2F2N8O3S. The lowest BCUT2D eigenvalue weighted by atomic mass is 10.1. The van der Waals surface area contributed by atoms with E-state index in [1.165, 1.54) is 0 Å². The molecule has 1 unspecified atom stereocenters. The van der Waals surface area contributed by atoms with Crippen LogP contribution < -0.4 is 20.9 Å². The number of amides is 1. The number of rotatable bonds is 8. The molecule has 11 nitrogen and oxygen atoms in total. The van der Waals surface area contributed by atoms with Crippen LogP contribution in [0.2, 0.25) is 0 Å². The first-order chi connectivity index (χ1) is 20.7. The van der Waals surface area contributed by atoms with E-state index in [1.54, 1.807) is 0 Å². The molecule has 2 aromatic carbocycles. The van der Waals surface area contributed by atoms with E-state index in [4.69, 9.17) is 0 Å². The topological polar surface area (TPSA) is 126 Å². The van der Waals surface area contributed by atoms with Crippen LogP contribution in [0.3, 0.4) is 0 Å². The number of sulfonamides is 1. The van der Waals surface area contributed by atoms with Gasteiger partial charge in [0.1, 0.15) is 11.6 Å². The van der Waals surface area contributed by atoms with Gasteiger partial charge in [-0.1, -0.05) is 0 Å². The van der Waals surface area contributed by atoms with Crippen molar-refractivity contribution in [1.29, 1.82) is 0 Å². The number of nitrogens with zero attached hydrogens (tertiary/aromatic N) is 4. The molecule has 0 aliphatic carbocycles. The molecule has 0 saturated carbocycles. The maximum Gasteiger partial charge on any atom is 0.258 e. The molecule has 1 atom stereocenters. The van der Waals surface area contributed by atoms with Gasteiger partial charge in [0, 0.05) is 87.0 Å². The van der Waals surface area contributed by atoms with E-state index in [0.717, 1.165) is 67.7 Å². The van der Waals surface area contributed by atoms with Crippen LogP contribution in [0.1, 0.15) is 34.5 Å². The fourth-order valence-electron chi connectivity index (χ4n) is 5.88. The van der Waals surface area contributed by atoms with Crippen molar-refractivity contribution in [2.75, 3.05) is 68.4 Å². The number of aromatic nitrogens is 2. The highest BCUT2D eigenvalue weighted by Crippen LogP contribution is 2.31. The summed E-state index contributed by atoms with van der Waals surface area (Å²) in [5.41, 5.74) is 3.41. The lowest BCUT2D eigenvalue weighted by molar-refractivity contribution is 0.102. The Bertz CT molecular complexity index is 1590. The molecule has 2 fully saturated rings. The number of halogens is 4. The van der Waals surface area contributed by atoms with Crippen LogP contribution in [0.25, 0.3) is 0 Å². The molecule has 2 saturated heterocycles. The van der Waals surface area contributed by atoms with Crippen LogP contribution in [-0.4, -0.2) is 92.6 Å². The number of anilines is 3. The highest BCUT2D eigenvalue weighted by atomic mass is 35.5. The zero-order valence-corrected chi connectivity index (χ0v) is 27.3. The minimum absolute atomic E-state index is 0. The van der Waals surface area contributed by atoms with E-state index < -0.39 is 26.6 Å². The molecule has 4 heterocycles. The first-order valence-electron chi connectivity index (χ1n) is 14.6. The molecule has 246 valence electrons. The van der Waals surface area contributed by atoms with E-state index in [1.807, 2.05) is 18.2 Å². The number of piperazine rings is 1. The maximum absolute atomic E-state index is 13.8. The average Bonchev–Trinajstić information content (AvgIpc) is 3.66. The van der Waals surface area contributed by atoms with Crippen molar-refractivity contribution in [1.82, 2.24) is 24.7 Å². The number of hydrogen-bond donors (Lipinski definition) is 4. The van der Waals surface area contributed by atoms with Crippen LogP contribution in [0.4, 0.5) is 26.0 Å². The minimum atomic E-state index is -4.19. The largest absolute Gasteiger partial charge is 0.383 e. The van der Waals surface area contributed by atoms with Crippen molar-refractivity contribution in [3.63, 3.8) is 0 Å². The van der Waals surface area contributed by atoms with E-state index >= 15 is 0 Å². The third kappa shape index (κ3) is 7.69. The third-order valence-electron chi connectivity index (χ3n) is 8.42. The van der Waals surface area contributed by atoms with Crippen LogP contribution in [0.5, 0.6) is 0 Å². The standard InChI is InChI=1S/C29H36F2N8O3S.2ClH/c1-37-9-11-38(12-10-37)22-4-5-24(27(16-22)33-17-21-3-2-7-32-21)29(40)34-28-25-18-39(8-6-26(25)35-36-28)43(41,42)23-14-19(30)13-20(31)15-23;;/h4-5,13-16,21,32-33H,2-3,6-12,17-18H2,1H3,(H2,34,35,36,40);2*1H. The number of carbonyl (C=O) groups excluding carboxylic acids is 1. The molecule has 1 amide bonds. The summed E-state index contributed by atoms with van der Waals surface area (Å²) >= 11 is 0. The zero-order valence-electron chi connectivity index (χ0n) is 24.8. The lowest BCUT2D eigenvalue weighted by Crippen LogP contribution is -2.44. The minimum Gasteiger partial charge on any atom is -0.383 e. The Morgan fingerprint density at radius 1 is 1.04 bits per heavy atom. The summed E-state index contributed by atoms with van der Waals surface area (Å²) in [7, 11) is -2.08. The third-order valence-corrected chi connectivity index (χ3v) is 10.2.